The lowest BCUT2D eigenvalue weighted by Crippen LogP contribution is -2.23. The molecule has 0 unspecified atom stereocenters. The van der Waals surface area contributed by atoms with E-state index in [1.54, 1.807) is 48.7 Å². The van der Waals surface area contributed by atoms with Crippen molar-refractivity contribution in [3.63, 3.8) is 0 Å². The summed E-state index contributed by atoms with van der Waals surface area (Å²) in [6.45, 7) is 0.477. The lowest BCUT2D eigenvalue weighted by atomic mass is 10.2. The van der Waals surface area contributed by atoms with Crippen LogP contribution in [0.15, 0.2) is 83.9 Å². The summed E-state index contributed by atoms with van der Waals surface area (Å²) >= 11 is 6.01. The lowest BCUT2D eigenvalue weighted by Gasteiger charge is -2.09. The van der Waals surface area contributed by atoms with E-state index in [2.05, 4.69) is 15.0 Å². The van der Waals surface area contributed by atoms with Crippen LogP contribution in [0.2, 0.25) is 5.02 Å². The standard InChI is InChI=1S/C22H20ClN3O3S/c23-20-6-1-2-7-21(20)26-30(28,29)19-11-8-17(9-12-19)10-13-22(27)25-16-14-18-5-3-4-15-24-18/h1-13,15,26H,14,16H2,(H,25,27)/b13-10+. The van der Waals surface area contributed by atoms with E-state index in [0.717, 1.165) is 5.69 Å². The minimum Gasteiger partial charge on any atom is -0.352 e. The molecule has 0 radical (unpaired) electrons. The SMILES string of the molecule is O=C(/C=C/c1ccc(S(=O)(=O)Nc2ccccc2Cl)cc1)NCCc1ccccn1. The molecule has 0 aliphatic carbocycles. The number of anilines is 1. The number of hydrogen-bond donors (Lipinski definition) is 2. The van der Waals surface area contributed by atoms with Gasteiger partial charge in [0.25, 0.3) is 10.0 Å². The molecule has 2 aromatic carbocycles. The Bertz CT molecular complexity index is 1130. The molecule has 6 nitrogen and oxygen atoms in total. The topological polar surface area (TPSA) is 88.2 Å². The molecule has 1 heterocycles. The Morgan fingerprint density at radius 1 is 1.00 bits per heavy atom. The molecular weight excluding hydrogens is 422 g/mol. The monoisotopic (exact) mass is 441 g/mol. The number of amides is 1. The van der Waals surface area contributed by atoms with Crippen LogP contribution in [0, 0.1) is 0 Å². The molecule has 0 bridgehead atoms. The number of aromatic nitrogens is 1. The number of rotatable bonds is 8. The number of nitrogens with one attached hydrogen (secondary N) is 2. The number of hydrogen-bond acceptors (Lipinski definition) is 4. The van der Waals surface area contributed by atoms with Crippen LogP contribution >= 0.6 is 11.6 Å². The predicted molar refractivity (Wildman–Crippen MR) is 119 cm³/mol. The molecule has 2 N–H and O–H groups in total. The quantitative estimate of drug-likeness (QED) is 0.519. The molecule has 1 amide bonds. The van der Waals surface area contributed by atoms with Crippen molar-refractivity contribution >= 4 is 39.3 Å². The minimum atomic E-state index is -3.77. The van der Waals surface area contributed by atoms with Gasteiger partial charge in [-0.1, -0.05) is 41.9 Å². The lowest BCUT2D eigenvalue weighted by molar-refractivity contribution is -0.116. The van der Waals surface area contributed by atoms with E-state index in [0.29, 0.717) is 29.2 Å². The molecule has 0 saturated carbocycles. The van der Waals surface area contributed by atoms with Crippen LogP contribution in [0.25, 0.3) is 6.08 Å². The van der Waals surface area contributed by atoms with Crippen LogP contribution in [0.3, 0.4) is 0 Å². The van der Waals surface area contributed by atoms with E-state index >= 15 is 0 Å². The van der Waals surface area contributed by atoms with Gasteiger partial charge in [0.2, 0.25) is 5.91 Å². The van der Waals surface area contributed by atoms with E-state index in [9.17, 15) is 13.2 Å². The summed E-state index contributed by atoms with van der Waals surface area (Å²) in [6.07, 6.45) is 5.38. The summed E-state index contributed by atoms with van der Waals surface area (Å²) in [4.78, 5) is 16.2. The third kappa shape index (κ3) is 6.17. The smallest absolute Gasteiger partial charge is 0.261 e. The molecule has 3 aromatic rings. The number of carbonyl (C=O) groups is 1. The van der Waals surface area contributed by atoms with Crippen molar-refractivity contribution in [3.8, 4) is 0 Å². The van der Waals surface area contributed by atoms with Crippen LogP contribution in [0.5, 0.6) is 0 Å². The van der Waals surface area contributed by atoms with Gasteiger partial charge in [-0.2, -0.15) is 0 Å². The second-order valence-corrected chi connectivity index (χ2v) is 8.44. The summed E-state index contributed by atoms with van der Waals surface area (Å²) in [5.74, 6) is -0.233. The molecular formula is C22H20ClN3O3S. The van der Waals surface area contributed by atoms with Crippen molar-refractivity contribution in [2.45, 2.75) is 11.3 Å². The molecule has 0 fully saturated rings. The van der Waals surface area contributed by atoms with Gasteiger partial charge in [0, 0.05) is 30.9 Å². The minimum absolute atomic E-state index is 0.0967. The van der Waals surface area contributed by atoms with Crippen molar-refractivity contribution < 1.29 is 13.2 Å². The van der Waals surface area contributed by atoms with E-state index < -0.39 is 10.0 Å². The zero-order chi connectivity index (χ0) is 21.4. The number of nitrogens with zero attached hydrogens (tertiary/aromatic N) is 1. The normalized spacial score (nSPS) is 11.4. The first-order chi connectivity index (χ1) is 14.4. The van der Waals surface area contributed by atoms with Crippen molar-refractivity contribution in [1.29, 1.82) is 0 Å². The fourth-order valence-electron chi connectivity index (χ4n) is 2.60. The van der Waals surface area contributed by atoms with Crippen molar-refractivity contribution in [3.05, 3.63) is 95.3 Å². The Labute approximate surface area is 180 Å². The van der Waals surface area contributed by atoms with E-state index in [-0.39, 0.29) is 10.8 Å². The maximum Gasteiger partial charge on any atom is 0.261 e. The number of halogens is 1. The van der Waals surface area contributed by atoms with Gasteiger partial charge in [-0.05, 0) is 48.0 Å². The Balaban J connectivity index is 1.55. The summed E-state index contributed by atoms with van der Waals surface area (Å²) < 4.78 is 27.5. The van der Waals surface area contributed by atoms with Crippen LogP contribution in [0.4, 0.5) is 5.69 Å². The highest BCUT2D eigenvalue weighted by molar-refractivity contribution is 7.92. The van der Waals surface area contributed by atoms with Gasteiger partial charge in [0.05, 0.1) is 15.6 Å². The molecule has 1 aromatic heterocycles. The van der Waals surface area contributed by atoms with Crippen molar-refractivity contribution in [2.24, 2.45) is 0 Å². The molecule has 8 heteroatoms. The van der Waals surface area contributed by atoms with E-state index in [1.165, 1.54) is 18.2 Å². The van der Waals surface area contributed by atoms with E-state index in [1.807, 2.05) is 18.2 Å². The molecule has 3 rings (SSSR count). The van der Waals surface area contributed by atoms with Gasteiger partial charge in [0.1, 0.15) is 0 Å². The van der Waals surface area contributed by atoms with Gasteiger partial charge >= 0.3 is 0 Å². The highest BCUT2D eigenvalue weighted by atomic mass is 35.5. The number of carbonyl (C=O) groups excluding carboxylic acids is 1. The number of benzene rings is 2. The maximum atomic E-state index is 12.5. The largest absolute Gasteiger partial charge is 0.352 e. The number of sulfonamides is 1. The third-order valence-electron chi connectivity index (χ3n) is 4.14. The van der Waals surface area contributed by atoms with Crippen molar-refractivity contribution in [2.75, 3.05) is 11.3 Å². The second kappa shape index (κ2) is 10.0. The Morgan fingerprint density at radius 2 is 1.73 bits per heavy atom. The van der Waals surface area contributed by atoms with Gasteiger partial charge in [-0.3, -0.25) is 14.5 Å². The van der Waals surface area contributed by atoms with Crippen LogP contribution < -0.4 is 10.0 Å². The van der Waals surface area contributed by atoms with Gasteiger partial charge in [-0.25, -0.2) is 8.42 Å². The first-order valence-electron chi connectivity index (χ1n) is 9.17. The number of para-hydroxylation sites is 1. The summed E-state index contributed by atoms with van der Waals surface area (Å²) in [5.41, 5.74) is 1.92. The van der Waals surface area contributed by atoms with Crippen LogP contribution in [-0.2, 0) is 21.2 Å². The second-order valence-electron chi connectivity index (χ2n) is 6.35. The Morgan fingerprint density at radius 3 is 2.43 bits per heavy atom. The molecule has 0 saturated heterocycles. The number of pyridine rings is 1. The first-order valence-corrected chi connectivity index (χ1v) is 11.0. The van der Waals surface area contributed by atoms with Gasteiger partial charge < -0.3 is 5.32 Å². The average molecular weight is 442 g/mol. The van der Waals surface area contributed by atoms with Crippen LogP contribution in [0.1, 0.15) is 11.3 Å². The highest BCUT2D eigenvalue weighted by Crippen LogP contribution is 2.24. The summed E-state index contributed by atoms with van der Waals surface area (Å²) in [5, 5.41) is 3.10. The van der Waals surface area contributed by atoms with Crippen LogP contribution in [-0.4, -0.2) is 25.9 Å². The highest BCUT2D eigenvalue weighted by Gasteiger charge is 2.15. The zero-order valence-electron chi connectivity index (χ0n) is 16.0. The van der Waals surface area contributed by atoms with Crippen molar-refractivity contribution in [1.82, 2.24) is 10.3 Å². The molecule has 30 heavy (non-hydrogen) atoms. The summed E-state index contributed by atoms with van der Waals surface area (Å²) in [7, 11) is -3.77. The molecule has 0 atom stereocenters. The molecule has 0 spiro atoms. The Hall–Kier alpha value is -3.16. The van der Waals surface area contributed by atoms with Gasteiger partial charge in [-0.15, -0.1) is 0 Å². The predicted octanol–water partition coefficient (Wildman–Crippen LogP) is 3.91. The maximum absolute atomic E-state index is 12.5. The first kappa shape index (κ1) is 21.5. The third-order valence-corrected chi connectivity index (χ3v) is 5.85. The Kier molecular flexibility index (Phi) is 7.21. The summed E-state index contributed by atoms with van der Waals surface area (Å²) in [6, 6.07) is 18.4. The zero-order valence-corrected chi connectivity index (χ0v) is 17.5. The molecule has 0 aliphatic heterocycles. The van der Waals surface area contributed by atoms with E-state index in [4.69, 9.17) is 11.6 Å². The fourth-order valence-corrected chi connectivity index (χ4v) is 3.92. The van der Waals surface area contributed by atoms with Gasteiger partial charge in [0.15, 0.2) is 0 Å². The fraction of sp³-hybridized carbons (Fsp3) is 0.0909. The molecule has 154 valence electrons. The average Bonchev–Trinajstić information content (AvgIpc) is 2.75. The molecule has 0 aliphatic rings.